The fourth-order valence-electron chi connectivity index (χ4n) is 1.60. The van der Waals surface area contributed by atoms with Crippen LogP contribution in [0.3, 0.4) is 0 Å². The second kappa shape index (κ2) is 6.28. The Kier molecular flexibility index (Phi) is 4.99. The van der Waals surface area contributed by atoms with E-state index in [1.165, 1.54) is 0 Å². The lowest BCUT2D eigenvalue weighted by Crippen LogP contribution is -2.04. The van der Waals surface area contributed by atoms with Crippen molar-refractivity contribution in [3.8, 4) is 5.75 Å². The first-order valence-electron chi connectivity index (χ1n) is 5.37. The minimum atomic E-state index is 0.567. The molecule has 3 nitrogen and oxygen atoms in total. The quantitative estimate of drug-likeness (QED) is 0.548. The fourth-order valence-corrected chi connectivity index (χ4v) is 1.60. The lowest BCUT2D eigenvalue weighted by atomic mass is 10.1. The Labute approximate surface area is 96.4 Å². The highest BCUT2D eigenvalue weighted by Crippen LogP contribution is 2.22. The van der Waals surface area contributed by atoms with E-state index in [-0.39, 0.29) is 0 Å². The molecule has 0 aliphatic rings. The lowest BCUT2D eigenvalue weighted by molar-refractivity contribution is 0.111. The Hall–Kier alpha value is -1.35. The molecule has 0 saturated heterocycles. The highest BCUT2D eigenvalue weighted by atomic mass is 16.5. The van der Waals surface area contributed by atoms with Crippen molar-refractivity contribution in [2.75, 3.05) is 20.3 Å². The third kappa shape index (κ3) is 3.35. The van der Waals surface area contributed by atoms with Crippen molar-refractivity contribution in [3.63, 3.8) is 0 Å². The molecule has 0 atom stereocenters. The van der Waals surface area contributed by atoms with Gasteiger partial charge < -0.3 is 9.47 Å². The highest BCUT2D eigenvalue weighted by molar-refractivity contribution is 5.81. The van der Waals surface area contributed by atoms with Gasteiger partial charge in [-0.2, -0.15) is 0 Å². The van der Waals surface area contributed by atoms with Crippen LogP contribution >= 0.6 is 0 Å². The average Bonchev–Trinajstić information content (AvgIpc) is 2.24. The summed E-state index contributed by atoms with van der Waals surface area (Å²) in [5, 5.41) is 0. The van der Waals surface area contributed by atoms with Crippen LogP contribution in [0.15, 0.2) is 12.1 Å². The average molecular weight is 222 g/mol. The van der Waals surface area contributed by atoms with Crippen molar-refractivity contribution in [2.45, 2.75) is 20.3 Å². The Morgan fingerprint density at radius 1 is 1.25 bits per heavy atom. The summed E-state index contributed by atoms with van der Waals surface area (Å²) in [7, 11) is 1.66. The van der Waals surface area contributed by atoms with Gasteiger partial charge in [0.1, 0.15) is 5.75 Å². The number of carbonyl (C=O) groups is 1. The summed E-state index contributed by atoms with van der Waals surface area (Å²) in [6.07, 6.45) is 1.67. The Bertz CT molecular complexity index is 358. The molecular weight excluding hydrogens is 204 g/mol. The third-order valence-corrected chi connectivity index (χ3v) is 2.36. The van der Waals surface area contributed by atoms with Crippen LogP contribution in [0.4, 0.5) is 0 Å². The maximum atomic E-state index is 10.9. The number of aldehydes is 1. The van der Waals surface area contributed by atoms with E-state index in [0.717, 1.165) is 23.8 Å². The van der Waals surface area contributed by atoms with Gasteiger partial charge in [-0.15, -0.1) is 0 Å². The molecule has 0 aliphatic heterocycles. The number of ether oxygens (including phenoxy) is 2. The predicted octanol–water partition coefficient (Wildman–Crippen LogP) is 2.53. The second-order valence-corrected chi connectivity index (χ2v) is 3.81. The molecular formula is C13H18O3. The molecule has 0 aromatic heterocycles. The van der Waals surface area contributed by atoms with Gasteiger partial charge in [0.05, 0.1) is 12.2 Å². The standard InChI is InChI=1S/C13H18O3/c1-10-7-11(2)12(9-14)13(8-10)16-6-4-5-15-3/h7-9H,4-6H2,1-3H3. The monoisotopic (exact) mass is 222 g/mol. The molecule has 0 unspecified atom stereocenters. The molecule has 0 saturated carbocycles. The van der Waals surface area contributed by atoms with E-state index in [4.69, 9.17) is 9.47 Å². The molecule has 0 radical (unpaired) electrons. The van der Waals surface area contributed by atoms with Gasteiger partial charge in [0.2, 0.25) is 0 Å². The molecule has 0 aliphatic carbocycles. The number of hydrogen-bond acceptors (Lipinski definition) is 3. The smallest absolute Gasteiger partial charge is 0.154 e. The van der Waals surface area contributed by atoms with E-state index in [0.29, 0.717) is 24.5 Å². The van der Waals surface area contributed by atoms with E-state index in [1.54, 1.807) is 7.11 Å². The molecule has 0 heterocycles. The largest absolute Gasteiger partial charge is 0.493 e. The van der Waals surface area contributed by atoms with E-state index in [1.807, 2.05) is 26.0 Å². The van der Waals surface area contributed by atoms with Gasteiger partial charge in [-0.25, -0.2) is 0 Å². The third-order valence-electron chi connectivity index (χ3n) is 2.36. The van der Waals surface area contributed by atoms with Crippen molar-refractivity contribution < 1.29 is 14.3 Å². The van der Waals surface area contributed by atoms with Gasteiger partial charge in [0.15, 0.2) is 6.29 Å². The molecule has 88 valence electrons. The van der Waals surface area contributed by atoms with Crippen LogP contribution in [-0.4, -0.2) is 26.6 Å². The van der Waals surface area contributed by atoms with Crippen LogP contribution in [0.25, 0.3) is 0 Å². The number of hydrogen-bond donors (Lipinski definition) is 0. The Balaban J connectivity index is 2.73. The molecule has 1 aromatic carbocycles. The summed E-state index contributed by atoms with van der Waals surface area (Å²) < 4.78 is 10.5. The molecule has 0 amide bonds. The highest BCUT2D eigenvalue weighted by Gasteiger charge is 2.07. The zero-order valence-corrected chi connectivity index (χ0v) is 10.1. The number of rotatable bonds is 6. The van der Waals surface area contributed by atoms with Gasteiger partial charge in [0.25, 0.3) is 0 Å². The molecule has 0 spiro atoms. The first kappa shape index (κ1) is 12.7. The SMILES string of the molecule is COCCCOc1cc(C)cc(C)c1C=O. The fraction of sp³-hybridized carbons (Fsp3) is 0.462. The molecule has 0 fully saturated rings. The maximum absolute atomic E-state index is 10.9. The van der Waals surface area contributed by atoms with E-state index in [2.05, 4.69) is 0 Å². The van der Waals surface area contributed by atoms with E-state index < -0.39 is 0 Å². The molecule has 0 N–H and O–H groups in total. The van der Waals surface area contributed by atoms with Crippen molar-refractivity contribution >= 4 is 6.29 Å². The first-order chi connectivity index (χ1) is 7.69. The number of methoxy groups -OCH3 is 1. The summed E-state index contributed by atoms with van der Waals surface area (Å²) in [6.45, 7) is 5.14. The molecule has 1 rings (SSSR count). The zero-order chi connectivity index (χ0) is 12.0. The van der Waals surface area contributed by atoms with Gasteiger partial charge >= 0.3 is 0 Å². The second-order valence-electron chi connectivity index (χ2n) is 3.81. The Morgan fingerprint density at radius 3 is 2.62 bits per heavy atom. The topological polar surface area (TPSA) is 35.5 Å². The van der Waals surface area contributed by atoms with Crippen molar-refractivity contribution in [2.24, 2.45) is 0 Å². The summed E-state index contributed by atoms with van der Waals surface area (Å²) in [6, 6.07) is 3.87. The van der Waals surface area contributed by atoms with E-state index in [9.17, 15) is 4.79 Å². The molecule has 16 heavy (non-hydrogen) atoms. The maximum Gasteiger partial charge on any atom is 0.154 e. The van der Waals surface area contributed by atoms with Crippen LogP contribution in [-0.2, 0) is 4.74 Å². The molecule has 1 aromatic rings. The van der Waals surface area contributed by atoms with Crippen LogP contribution in [0.2, 0.25) is 0 Å². The van der Waals surface area contributed by atoms with Crippen LogP contribution in [0.1, 0.15) is 27.9 Å². The van der Waals surface area contributed by atoms with Crippen molar-refractivity contribution in [1.82, 2.24) is 0 Å². The van der Waals surface area contributed by atoms with Crippen molar-refractivity contribution in [3.05, 3.63) is 28.8 Å². The summed E-state index contributed by atoms with van der Waals surface area (Å²) in [5.41, 5.74) is 2.70. The number of benzene rings is 1. The minimum absolute atomic E-state index is 0.567. The summed E-state index contributed by atoms with van der Waals surface area (Å²) in [5.74, 6) is 0.670. The summed E-state index contributed by atoms with van der Waals surface area (Å²) >= 11 is 0. The van der Waals surface area contributed by atoms with Crippen LogP contribution in [0.5, 0.6) is 5.75 Å². The van der Waals surface area contributed by atoms with Gasteiger partial charge in [-0.3, -0.25) is 4.79 Å². The minimum Gasteiger partial charge on any atom is -0.493 e. The Morgan fingerprint density at radius 2 is 2.00 bits per heavy atom. The van der Waals surface area contributed by atoms with Crippen LogP contribution < -0.4 is 4.74 Å². The van der Waals surface area contributed by atoms with Crippen LogP contribution in [0, 0.1) is 13.8 Å². The molecule has 0 bridgehead atoms. The van der Waals surface area contributed by atoms with E-state index >= 15 is 0 Å². The van der Waals surface area contributed by atoms with Gasteiger partial charge in [-0.05, 0) is 31.0 Å². The van der Waals surface area contributed by atoms with Crippen molar-refractivity contribution in [1.29, 1.82) is 0 Å². The zero-order valence-electron chi connectivity index (χ0n) is 10.1. The first-order valence-corrected chi connectivity index (χ1v) is 5.37. The summed E-state index contributed by atoms with van der Waals surface area (Å²) in [4.78, 5) is 10.9. The normalized spacial score (nSPS) is 10.2. The lowest BCUT2D eigenvalue weighted by Gasteiger charge is -2.11. The van der Waals surface area contributed by atoms with Gasteiger partial charge in [0, 0.05) is 20.1 Å². The number of carbonyl (C=O) groups excluding carboxylic acids is 1. The number of aryl methyl sites for hydroxylation is 2. The van der Waals surface area contributed by atoms with Gasteiger partial charge in [-0.1, -0.05) is 6.07 Å². The molecule has 3 heteroatoms. The predicted molar refractivity (Wildman–Crippen MR) is 63.3 cm³/mol.